The lowest BCUT2D eigenvalue weighted by molar-refractivity contribution is -0.222. The van der Waals surface area contributed by atoms with Crippen molar-refractivity contribution in [2.24, 2.45) is 0 Å². The number of aromatic hydroxyl groups is 1. The maximum absolute atomic E-state index is 14.1. The van der Waals surface area contributed by atoms with E-state index in [0.29, 0.717) is 5.69 Å². The van der Waals surface area contributed by atoms with Gasteiger partial charge in [0.15, 0.2) is 22.5 Å². The highest BCUT2D eigenvalue weighted by Gasteiger charge is 2.60. The van der Waals surface area contributed by atoms with Crippen LogP contribution in [-0.2, 0) is 21.6 Å². The van der Waals surface area contributed by atoms with E-state index in [0.717, 1.165) is 23.5 Å². The van der Waals surface area contributed by atoms with Gasteiger partial charge in [-0.1, -0.05) is 16.8 Å². The van der Waals surface area contributed by atoms with Gasteiger partial charge in [0.25, 0.3) is 0 Å². The van der Waals surface area contributed by atoms with Gasteiger partial charge in [0.2, 0.25) is 0 Å². The Morgan fingerprint density at radius 2 is 2.02 bits per heavy atom. The third-order valence-corrected chi connectivity index (χ3v) is 7.82. The van der Waals surface area contributed by atoms with E-state index in [9.17, 15) is 29.4 Å². The third kappa shape index (κ3) is 5.10. The van der Waals surface area contributed by atoms with Gasteiger partial charge in [-0.05, 0) is 23.8 Å². The molecule has 5 N–H and O–H groups in total. The first-order valence-corrected chi connectivity index (χ1v) is 13.5. The van der Waals surface area contributed by atoms with Crippen molar-refractivity contribution in [2.45, 2.75) is 35.9 Å². The average Bonchev–Trinajstić information content (AvgIpc) is 3.61. The lowest BCUT2D eigenvalue weighted by Crippen LogP contribution is -2.68. The molecule has 0 unspecified atom stereocenters. The van der Waals surface area contributed by atoms with Gasteiger partial charge in [-0.15, -0.1) is 29.1 Å². The smallest absolute Gasteiger partial charge is 0.187 e. The van der Waals surface area contributed by atoms with Crippen molar-refractivity contribution >= 4 is 40.7 Å². The fraction of sp³-hybridized carbons (Fsp3) is 0.292. The van der Waals surface area contributed by atoms with Crippen LogP contribution in [0.2, 0.25) is 5.02 Å². The largest absolute Gasteiger partial charge is 0.503 e. The normalized spacial score (nSPS) is 24.3. The van der Waals surface area contributed by atoms with Crippen LogP contribution in [0.4, 0.5) is 13.9 Å². The highest BCUT2D eigenvalue weighted by Crippen LogP contribution is 2.46. The summed E-state index contributed by atoms with van der Waals surface area (Å²) in [4.78, 5) is 8.30. The van der Waals surface area contributed by atoms with Gasteiger partial charge < -0.3 is 30.5 Å². The second-order valence-electron chi connectivity index (χ2n) is 8.94. The van der Waals surface area contributed by atoms with E-state index in [4.69, 9.17) is 26.8 Å². The quantitative estimate of drug-likeness (QED) is 0.190. The molecule has 1 aliphatic rings. The number of hydrogen-bond acceptors (Lipinski definition) is 13. The summed E-state index contributed by atoms with van der Waals surface area (Å²) >= 11 is 12.0. The predicted octanol–water partition coefficient (Wildman–Crippen LogP) is 2.22. The first-order valence-electron chi connectivity index (χ1n) is 11.7. The number of ether oxygens (including phenoxy) is 2. The lowest BCUT2D eigenvalue weighted by atomic mass is 9.74. The molecular weight excluding hydrogens is 604 g/mol. The van der Waals surface area contributed by atoms with Crippen LogP contribution >= 0.6 is 35.6 Å². The zero-order valence-corrected chi connectivity index (χ0v) is 23.1. The number of phenols is 1. The van der Waals surface area contributed by atoms with Crippen LogP contribution in [-0.4, -0.2) is 70.6 Å². The lowest BCUT2D eigenvalue weighted by Gasteiger charge is -2.51. The molecule has 0 saturated carbocycles. The minimum Gasteiger partial charge on any atom is -0.503 e. The number of nitrogen functional groups attached to an aromatic ring is 1. The number of anilines is 1. The van der Waals surface area contributed by atoms with E-state index in [1.165, 1.54) is 23.1 Å². The number of rotatable bonds is 7. The number of aromatic nitrogens is 5. The number of thiol groups is 1. The molecule has 1 saturated heterocycles. The number of aliphatic hydroxyl groups is 2. The third-order valence-electron chi connectivity index (χ3n) is 6.54. The molecule has 0 radical (unpaired) electrons. The number of aliphatic hydroxyl groups excluding tert-OH is 2. The molecule has 4 heterocycles. The molecule has 1 aromatic carbocycles. The second kappa shape index (κ2) is 11.4. The van der Waals surface area contributed by atoms with Crippen molar-refractivity contribution in [1.29, 1.82) is 5.26 Å². The average molecular weight is 624 g/mol. The van der Waals surface area contributed by atoms with Crippen LogP contribution in [0.25, 0.3) is 11.4 Å². The maximum Gasteiger partial charge on any atom is 0.187 e. The maximum atomic E-state index is 14.1. The number of benzene rings is 1. The van der Waals surface area contributed by atoms with Crippen molar-refractivity contribution in [3.63, 3.8) is 0 Å². The van der Waals surface area contributed by atoms with Crippen LogP contribution in [0, 0.1) is 23.0 Å². The summed E-state index contributed by atoms with van der Waals surface area (Å²) in [5, 5.41) is 51.8. The molecule has 1 fully saturated rings. The number of halogens is 3. The van der Waals surface area contributed by atoms with Gasteiger partial charge in [0, 0.05) is 17.1 Å². The topological polar surface area (TPSA) is 185 Å². The van der Waals surface area contributed by atoms with Crippen LogP contribution in [0.3, 0.4) is 0 Å². The molecule has 5 atom stereocenters. The molecule has 0 aliphatic carbocycles. The molecule has 3 aromatic heterocycles. The number of thiazole rings is 1. The van der Waals surface area contributed by atoms with E-state index in [-0.39, 0.29) is 32.7 Å². The number of nitrogens with two attached hydrogens (primary N) is 1. The molecule has 17 heteroatoms. The monoisotopic (exact) mass is 623 g/mol. The summed E-state index contributed by atoms with van der Waals surface area (Å²) in [5.74, 6) is -3.59. The van der Waals surface area contributed by atoms with E-state index in [1.807, 2.05) is 6.07 Å². The summed E-state index contributed by atoms with van der Waals surface area (Å²) in [6.07, 6.45) is -1.72. The highest BCUT2D eigenvalue weighted by atomic mass is 35.5. The Labute approximate surface area is 245 Å². The van der Waals surface area contributed by atoms with Gasteiger partial charge in [0.05, 0.1) is 24.4 Å². The molecule has 41 heavy (non-hydrogen) atoms. The SMILES string of the molecule is N#Cc1ncc(Cl)cc1[C@@]1(n2cc(-c3csc(N)n3)nn2)[C@H](O)[C@H](CO)O[C@@H](S)[C@H]1OCc1cc(F)c(O)c(F)c1. The van der Waals surface area contributed by atoms with Crippen molar-refractivity contribution in [3.05, 3.63) is 69.5 Å². The Hall–Kier alpha value is -3.43. The Bertz CT molecular complexity index is 1610. The van der Waals surface area contributed by atoms with Crippen molar-refractivity contribution < 1.29 is 33.6 Å². The van der Waals surface area contributed by atoms with E-state index >= 15 is 0 Å². The molecule has 0 amide bonds. The van der Waals surface area contributed by atoms with Gasteiger partial charge in [-0.2, -0.15) is 5.26 Å². The van der Waals surface area contributed by atoms with Gasteiger partial charge >= 0.3 is 0 Å². The Morgan fingerprint density at radius 1 is 1.29 bits per heavy atom. The molecular formula is C24H20ClF2N7O5S2. The van der Waals surface area contributed by atoms with E-state index in [1.54, 1.807) is 5.38 Å². The molecule has 0 bridgehead atoms. The predicted molar refractivity (Wildman–Crippen MR) is 144 cm³/mol. The standard InChI is InChI=1S/C24H20ClF2N7O5S2/c25-11-3-12(15(4-28)30-5-11)24(34-6-16(32-33-34)17-9-41-23(29)31-17)20(37)18(7-35)39-22(40)21(24)38-8-10-1-13(26)19(36)14(27)2-10/h1-3,5-6,9,18,20-22,35-37,40H,7-8H2,(H2,29,31)/t18-,20+,21+,22-,24+/m0/s1. The molecule has 214 valence electrons. The number of pyridine rings is 1. The number of nitrogens with zero attached hydrogens (tertiary/aromatic N) is 6. The van der Waals surface area contributed by atoms with Crippen molar-refractivity contribution in [2.75, 3.05) is 12.3 Å². The molecule has 1 aliphatic heterocycles. The van der Waals surface area contributed by atoms with E-state index in [2.05, 4.69) is 32.9 Å². The number of nitriles is 1. The Kier molecular flexibility index (Phi) is 8.12. The van der Waals surface area contributed by atoms with Gasteiger partial charge in [-0.3, -0.25) is 0 Å². The number of phenolic OH excluding ortho intramolecular Hbond substituents is 1. The second-order valence-corrected chi connectivity index (χ2v) is 10.8. The van der Waals surface area contributed by atoms with Crippen LogP contribution in [0.15, 0.2) is 36.0 Å². The van der Waals surface area contributed by atoms with Crippen LogP contribution in [0.5, 0.6) is 5.75 Å². The first kappa shape index (κ1) is 29.1. The summed E-state index contributed by atoms with van der Waals surface area (Å²) in [5.41, 5.74) is 3.01. The first-order chi connectivity index (χ1) is 19.6. The van der Waals surface area contributed by atoms with Crippen LogP contribution < -0.4 is 5.73 Å². The summed E-state index contributed by atoms with van der Waals surface area (Å²) in [6, 6.07) is 5.06. The van der Waals surface area contributed by atoms with Crippen molar-refractivity contribution in [3.8, 4) is 23.2 Å². The fourth-order valence-corrected chi connectivity index (χ4v) is 5.92. The molecule has 0 spiro atoms. The minimum absolute atomic E-state index is 0.0168. The van der Waals surface area contributed by atoms with Crippen molar-refractivity contribution in [1.82, 2.24) is 25.0 Å². The Balaban J connectivity index is 1.73. The summed E-state index contributed by atoms with van der Waals surface area (Å²) in [6.45, 7) is -1.15. The molecule has 5 rings (SSSR count). The zero-order chi connectivity index (χ0) is 29.5. The van der Waals surface area contributed by atoms with E-state index < -0.39 is 59.9 Å². The highest BCUT2D eigenvalue weighted by molar-refractivity contribution is 7.80. The minimum atomic E-state index is -1.96. The summed E-state index contributed by atoms with van der Waals surface area (Å²) in [7, 11) is 0. The fourth-order valence-electron chi connectivity index (χ4n) is 4.74. The van der Waals surface area contributed by atoms with Crippen LogP contribution in [0.1, 0.15) is 16.8 Å². The molecule has 12 nitrogen and oxygen atoms in total. The zero-order valence-electron chi connectivity index (χ0n) is 20.6. The molecule has 4 aromatic rings. The summed E-state index contributed by atoms with van der Waals surface area (Å²) < 4.78 is 41.2. The van der Waals surface area contributed by atoms with Gasteiger partial charge in [-0.25, -0.2) is 23.4 Å². The van der Waals surface area contributed by atoms with Gasteiger partial charge in [0.1, 0.15) is 52.4 Å². The number of hydrogen-bond donors (Lipinski definition) is 5. The Morgan fingerprint density at radius 3 is 2.66 bits per heavy atom.